The van der Waals surface area contributed by atoms with E-state index in [0.29, 0.717) is 0 Å². The van der Waals surface area contributed by atoms with E-state index >= 15 is 0 Å². The Labute approximate surface area is 375 Å². The lowest BCUT2D eigenvalue weighted by Crippen LogP contribution is -2.10. The summed E-state index contributed by atoms with van der Waals surface area (Å²) >= 11 is 0. The third-order valence-corrected chi connectivity index (χ3v) is 12.2. The highest BCUT2D eigenvalue weighted by atomic mass is 15.1. The van der Waals surface area contributed by atoms with E-state index in [4.69, 9.17) is 0 Å². The summed E-state index contributed by atoms with van der Waals surface area (Å²) in [5.41, 5.74) is 16.1. The molecule has 64 heavy (non-hydrogen) atoms. The van der Waals surface area contributed by atoms with Crippen LogP contribution in [-0.4, -0.2) is 0 Å². The lowest BCUT2D eigenvalue weighted by atomic mass is 9.99. The Balaban J connectivity index is 0.886. The molecule has 302 valence electrons. The molecule has 0 unspecified atom stereocenters. The van der Waals surface area contributed by atoms with Crippen molar-refractivity contribution in [3.63, 3.8) is 0 Å². The van der Waals surface area contributed by atoms with Crippen LogP contribution in [0.25, 0.3) is 66.1 Å². The Hall–Kier alpha value is -8.46. The van der Waals surface area contributed by atoms with E-state index in [-0.39, 0.29) is 0 Å². The predicted molar refractivity (Wildman–Crippen MR) is 273 cm³/mol. The van der Waals surface area contributed by atoms with Gasteiger partial charge in [0.2, 0.25) is 0 Å². The van der Waals surface area contributed by atoms with Gasteiger partial charge in [-0.25, -0.2) is 0 Å². The fraction of sp³-hybridized carbons (Fsp3) is 0. The summed E-state index contributed by atoms with van der Waals surface area (Å²) in [5.74, 6) is 0. The molecule has 0 aliphatic heterocycles. The van der Waals surface area contributed by atoms with Crippen LogP contribution in [0.2, 0.25) is 0 Å². The largest absolute Gasteiger partial charge is 0.310 e. The maximum atomic E-state index is 2.36. The molecule has 0 atom stereocenters. The Morgan fingerprint density at radius 3 is 0.828 bits per heavy atom. The van der Waals surface area contributed by atoms with Crippen molar-refractivity contribution in [2.75, 3.05) is 9.80 Å². The van der Waals surface area contributed by atoms with E-state index in [1.165, 1.54) is 66.1 Å². The Morgan fingerprint density at radius 1 is 0.156 bits per heavy atom. The molecule has 11 aromatic rings. The average Bonchev–Trinajstić information content (AvgIpc) is 3.38. The number of hydrogen-bond donors (Lipinski definition) is 0. The van der Waals surface area contributed by atoms with Gasteiger partial charge in [0.1, 0.15) is 0 Å². The van der Waals surface area contributed by atoms with Crippen LogP contribution in [-0.2, 0) is 0 Å². The van der Waals surface area contributed by atoms with Gasteiger partial charge in [0.15, 0.2) is 0 Å². The van der Waals surface area contributed by atoms with Gasteiger partial charge in [0.05, 0.1) is 0 Å². The van der Waals surface area contributed by atoms with Crippen LogP contribution in [0.15, 0.2) is 267 Å². The third-order valence-electron chi connectivity index (χ3n) is 12.2. The minimum absolute atomic E-state index is 1.10. The van der Waals surface area contributed by atoms with Crippen molar-refractivity contribution in [3.05, 3.63) is 267 Å². The molecule has 0 aromatic heterocycles. The number of nitrogens with zero attached hydrogens (tertiary/aromatic N) is 2. The van der Waals surface area contributed by atoms with Crippen LogP contribution in [0.1, 0.15) is 0 Å². The van der Waals surface area contributed by atoms with Gasteiger partial charge in [-0.1, -0.05) is 194 Å². The highest BCUT2D eigenvalue weighted by Crippen LogP contribution is 2.41. The third kappa shape index (κ3) is 7.81. The van der Waals surface area contributed by atoms with E-state index in [1.807, 2.05) is 0 Å². The minimum Gasteiger partial charge on any atom is -0.310 e. The van der Waals surface area contributed by atoms with Gasteiger partial charge in [-0.2, -0.15) is 0 Å². The molecule has 0 amide bonds. The zero-order valence-corrected chi connectivity index (χ0v) is 35.3. The fourth-order valence-electron chi connectivity index (χ4n) is 8.90. The number of benzene rings is 11. The van der Waals surface area contributed by atoms with Crippen LogP contribution >= 0.6 is 0 Å². The normalized spacial score (nSPS) is 11.1. The summed E-state index contributed by atoms with van der Waals surface area (Å²) in [5, 5.41) is 4.89. The van der Waals surface area contributed by atoms with Crippen molar-refractivity contribution >= 4 is 55.7 Å². The van der Waals surface area contributed by atoms with Gasteiger partial charge in [-0.3, -0.25) is 0 Å². The van der Waals surface area contributed by atoms with Crippen molar-refractivity contribution in [1.29, 1.82) is 0 Å². The molecule has 0 radical (unpaired) electrons. The summed E-state index contributed by atoms with van der Waals surface area (Å²) in [7, 11) is 0. The van der Waals surface area contributed by atoms with Crippen molar-refractivity contribution in [2.24, 2.45) is 0 Å². The molecular formula is C62H44N2. The van der Waals surface area contributed by atoms with Crippen molar-refractivity contribution in [2.45, 2.75) is 0 Å². The predicted octanol–water partition coefficient (Wildman–Crippen LogP) is 17.6. The van der Waals surface area contributed by atoms with Crippen molar-refractivity contribution in [1.82, 2.24) is 0 Å². The number of rotatable bonds is 10. The van der Waals surface area contributed by atoms with Gasteiger partial charge >= 0.3 is 0 Å². The summed E-state index contributed by atoms with van der Waals surface area (Å²) in [6.45, 7) is 0. The van der Waals surface area contributed by atoms with E-state index in [9.17, 15) is 0 Å². The monoisotopic (exact) mass is 816 g/mol. The molecule has 0 saturated carbocycles. The molecule has 11 rings (SSSR count). The quantitative estimate of drug-likeness (QED) is 0.136. The van der Waals surface area contributed by atoms with Gasteiger partial charge in [0.25, 0.3) is 0 Å². The van der Waals surface area contributed by atoms with Crippen molar-refractivity contribution in [3.8, 4) is 44.5 Å². The lowest BCUT2D eigenvalue weighted by molar-refractivity contribution is 1.29. The first-order valence-corrected chi connectivity index (χ1v) is 21.9. The summed E-state index contributed by atoms with van der Waals surface area (Å²) in [4.78, 5) is 4.72. The average molecular weight is 817 g/mol. The summed E-state index contributed by atoms with van der Waals surface area (Å²) < 4.78 is 0. The maximum Gasteiger partial charge on any atom is 0.0468 e. The highest BCUT2D eigenvalue weighted by Gasteiger charge is 2.17. The molecule has 2 heteroatoms. The lowest BCUT2D eigenvalue weighted by Gasteiger charge is -2.26. The Morgan fingerprint density at radius 2 is 0.438 bits per heavy atom. The number of anilines is 6. The molecule has 2 nitrogen and oxygen atoms in total. The van der Waals surface area contributed by atoms with E-state index in [1.54, 1.807) is 0 Å². The Bertz CT molecular complexity index is 3130. The number of hydrogen-bond acceptors (Lipinski definition) is 2. The summed E-state index contributed by atoms with van der Waals surface area (Å²) in [6.07, 6.45) is 0. The second kappa shape index (κ2) is 17.1. The SMILES string of the molecule is c1ccc(-c2cccc(N(c3ccc(-c4ccc(-c5ccc(N(c6cccc(-c7ccccc7)c6)c6ccc7ccccc7c6)cc5)cc4)cc3)c3ccc4ccccc4c3)c2)cc1. The molecule has 11 aromatic carbocycles. The zero-order valence-electron chi connectivity index (χ0n) is 35.3. The highest BCUT2D eigenvalue weighted by molar-refractivity contribution is 5.92. The molecule has 0 fully saturated rings. The fourth-order valence-corrected chi connectivity index (χ4v) is 8.90. The van der Waals surface area contributed by atoms with Crippen LogP contribution < -0.4 is 9.80 Å². The molecule has 0 saturated heterocycles. The summed E-state index contributed by atoms with van der Waals surface area (Å²) in [6, 6.07) is 96.3. The first kappa shape index (κ1) is 38.5. The zero-order chi connectivity index (χ0) is 42.7. The van der Waals surface area contributed by atoms with Crippen LogP contribution in [0.3, 0.4) is 0 Å². The number of fused-ring (bicyclic) bond motifs is 2. The standard InChI is InChI=1S/C62H44N2/c1-3-13-45(14-4-1)55-21-11-23-59(41-55)63(61-39-33-47-17-7-9-19-53(47)43-61)57-35-29-51(30-36-57)49-25-27-50(28-26-49)52-31-37-58(38-32-52)64(62-40-34-48-18-8-10-20-54(48)44-62)60-24-12-22-56(42-60)46-15-5-2-6-16-46/h1-44H. The topological polar surface area (TPSA) is 6.48 Å². The molecular weight excluding hydrogens is 773 g/mol. The molecule has 0 N–H and O–H groups in total. The first-order chi connectivity index (χ1) is 31.7. The van der Waals surface area contributed by atoms with E-state index < -0.39 is 0 Å². The molecule has 0 heterocycles. The first-order valence-electron chi connectivity index (χ1n) is 21.9. The maximum absolute atomic E-state index is 2.36. The van der Waals surface area contributed by atoms with E-state index in [0.717, 1.165) is 34.1 Å². The second-order valence-electron chi connectivity index (χ2n) is 16.2. The van der Waals surface area contributed by atoms with Gasteiger partial charge in [0, 0.05) is 34.1 Å². The van der Waals surface area contributed by atoms with Crippen LogP contribution in [0, 0.1) is 0 Å². The smallest absolute Gasteiger partial charge is 0.0468 e. The molecule has 0 aliphatic rings. The van der Waals surface area contributed by atoms with Gasteiger partial charge in [-0.15, -0.1) is 0 Å². The molecule has 0 bridgehead atoms. The molecule has 0 aliphatic carbocycles. The minimum atomic E-state index is 1.10. The second-order valence-corrected chi connectivity index (χ2v) is 16.2. The Kier molecular flexibility index (Phi) is 10.3. The van der Waals surface area contributed by atoms with Crippen LogP contribution in [0.4, 0.5) is 34.1 Å². The van der Waals surface area contributed by atoms with Crippen molar-refractivity contribution < 1.29 is 0 Å². The van der Waals surface area contributed by atoms with Gasteiger partial charge in [-0.05, 0) is 139 Å². The van der Waals surface area contributed by atoms with Crippen LogP contribution in [0.5, 0.6) is 0 Å². The van der Waals surface area contributed by atoms with E-state index in [2.05, 4.69) is 277 Å². The van der Waals surface area contributed by atoms with Gasteiger partial charge < -0.3 is 9.80 Å². The molecule has 0 spiro atoms.